The summed E-state index contributed by atoms with van der Waals surface area (Å²) in [6.45, 7) is 0. The molecule has 0 aromatic carbocycles. The van der Waals surface area contributed by atoms with E-state index < -0.39 is 0 Å². The summed E-state index contributed by atoms with van der Waals surface area (Å²) in [6.07, 6.45) is 6.88. The fourth-order valence-corrected chi connectivity index (χ4v) is 0.676. The van der Waals surface area contributed by atoms with Gasteiger partial charge in [-0.05, 0) is 0 Å². The highest BCUT2D eigenvalue weighted by atomic mass is 14.9. The third kappa shape index (κ3) is 1.71. The Labute approximate surface area is 66.5 Å². The van der Waals surface area contributed by atoms with Crippen molar-refractivity contribution in [3.63, 3.8) is 0 Å². The van der Waals surface area contributed by atoms with E-state index in [0.29, 0.717) is 23.5 Å². The Balaban J connectivity index is 3.01. The lowest BCUT2D eigenvalue weighted by Gasteiger charge is -1.99. The van der Waals surface area contributed by atoms with Gasteiger partial charge in [-0.2, -0.15) is 0 Å². The van der Waals surface area contributed by atoms with E-state index in [1.165, 1.54) is 6.20 Å². The number of terminal acetylenes is 1. The lowest BCUT2D eigenvalue weighted by atomic mass is 10.1. The molecule has 0 bridgehead atoms. The molecule has 2 radical (unpaired) electrons. The van der Waals surface area contributed by atoms with E-state index in [1.54, 1.807) is 0 Å². The fourth-order valence-electron chi connectivity index (χ4n) is 0.676. The van der Waals surface area contributed by atoms with Gasteiger partial charge in [0.1, 0.15) is 13.7 Å². The van der Waals surface area contributed by atoms with Crippen LogP contribution in [-0.4, -0.2) is 17.8 Å². The van der Waals surface area contributed by atoms with Crippen molar-refractivity contribution in [2.75, 3.05) is 5.73 Å². The van der Waals surface area contributed by atoms with Gasteiger partial charge in [-0.3, -0.25) is 4.98 Å². The normalized spacial score (nSPS) is 9.00. The van der Waals surface area contributed by atoms with Crippen LogP contribution in [-0.2, 0) is 6.42 Å². The average Bonchev–Trinajstić information content (AvgIpc) is 1.95. The molecule has 0 spiro atoms. The molecule has 0 aliphatic rings. The topological polar surface area (TPSA) is 51.8 Å². The Morgan fingerprint density at radius 1 is 1.73 bits per heavy atom. The largest absolute Gasteiger partial charge is 0.382 e. The first-order valence-corrected chi connectivity index (χ1v) is 3.04. The van der Waals surface area contributed by atoms with Crippen molar-refractivity contribution in [3.05, 3.63) is 11.9 Å². The smallest absolute Gasteiger partial charge is 0.145 e. The molecule has 1 aromatic rings. The summed E-state index contributed by atoms with van der Waals surface area (Å²) >= 11 is 0. The van der Waals surface area contributed by atoms with Crippen LogP contribution in [0.5, 0.6) is 0 Å². The molecular formula is C7H6BN3. The third-order valence-corrected chi connectivity index (χ3v) is 1.17. The van der Waals surface area contributed by atoms with E-state index >= 15 is 0 Å². The number of hydrogen-bond acceptors (Lipinski definition) is 3. The number of nitrogens with two attached hydrogens (primary N) is 1. The Bertz CT molecular complexity index is 303. The molecule has 0 unspecified atom stereocenters. The number of hydrogen-bond donors (Lipinski definition) is 1. The summed E-state index contributed by atoms with van der Waals surface area (Å²) < 4.78 is 0. The monoisotopic (exact) mass is 143 g/mol. The number of anilines is 1. The molecule has 0 aliphatic heterocycles. The van der Waals surface area contributed by atoms with Gasteiger partial charge < -0.3 is 5.73 Å². The lowest BCUT2D eigenvalue weighted by Crippen LogP contribution is -2.14. The zero-order valence-corrected chi connectivity index (χ0v) is 5.91. The molecule has 4 heteroatoms. The quantitative estimate of drug-likeness (QED) is 0.406. The van der Waals surface area contributed by atoms with Gasteiger partial charge in [-0.1, -0.05) is 0 Å². The maximum Gasteiger partial charge on any atom is 0.145 e. The molecular weight excluding hydrogens is 137 g/mol. The Hall–Kier alpha value is -1.50. The first-order chi connectivity index (χ1) is 5.24. The molecule has 3 nitrogen and oxygen atoms in total. The summed E-state index contributed by atoms with van der Waals surface area (Å²) in [5, 5.41) is 0. The van der Waals surface area contributed by atoms with Crippen LogP contribution in [0, 0.1) is 12.3 Å². The van der Waals surface area contributed by atoms with Gasteiger partial charge in [0.2, 0.25) is 0 Å². The molecule has 2 N–H and O–H groups in total. The highest BCUT2D eigenvalue weighted by Gasteiger charge is 1.98. The van der Waals surface area contributed by atoms with Gasteiger partial charge in [-0.25, -0.2) is 4.98 Å². The Morgan fingerprint density at radius 2 is 2.45 bits per heavy atom. The highest BCUT2D eigenvalue weighted by Crippen LogP contribution is 2.00. The molecule has 1 aromatic heterocycles. The second-order valence-corrected chi connectivity index (χ2v) is 2.01. The molecule has 11 heavy (non-hydrogen) atoms. The standard InChI is InChI=1S/C7H6BN3/c1-2-3-5-7(9)11-6(8)4-10-5/h1,4H,3H2,(H2,9,11). The predicted octanol–water partition coefficient (Wildman–Crippen LogP) is -0.972. The number of nitrogens with zero attached hydrogens (tertiary/aromatic N) is 2. The summed E-state index contributed by atoms with van der Waals surface area (Å²) in [5.41, 5.74) is 6.37. The highest BCUT2D eigenvalue weighted by molar-refractivity contribution is 6.30. The molecule has 0 fully saturated rings. The SMILES string of the molecule is [B]c1cnc(CC#C)c(N)n1. The van der Waals surface area contributed by atoms with Gasteiger partial charge in [0.15, 0.2) is 0 Å². The molecule has 1 rings (SSSR count). The van der Waals surface area contributed by atoms with Crippen molar-refractivity contribution in [2.45, 2.75) is 6.42 Å². The molecule has 0 atom stereocenters. The number of nitrogen functional groups attached to an aromatic ring is 1. The van der Waals surface area contributed by atoms with Gasteiger partial charge in [0, 0.05) is 11.8 Å². The van der Waals surface area contributed by atoms with Gasteiger partial charge in [0.05, 0.1) is 12.1 Å². The van der Waals surface area contributed by atoms with Crippen LogP contribution < -0.4 is 11.3 Å². The molecule has 0 saturated carbocycles. The maximum absolute atomic E-state index is 5.46. The zero-order valence-electron chi connectivity index (χ0n) is 5.91. The van der Waals surface area contributed by atoms with Crippen LogP contribution >= 0.6 is 0 Å². The minimum absolute atomic E-state index is 0.308. The van der Waals surface area contributed by atoms with E-state index in [0.717, 1.165) is 0 Å². The van der Waals surface area contributed by atoms with Gasteiger partial charge in [0.25, 0.3) is 0 Å². The van der Waals surface area contributed by atoms with Crippen LogP contribution in [0.4, 0.5) is 5.82 Å². The number of aromatic nitrogens is 2. The van der Waals surface area contributed by atoms with E-state index in [2.05, 4.69) is 15.9 Å². The van der Waals surface area contributed by atoms with E-state index in [-0.39, 0.29) is 0 Å². The van der Waals surface area contributed by atoms with Crippen molar-refractivity contribution in [2.24, 2.45) is 0 Å². The first kappa shape index (κ1) is 7.61. The second-order valence-electron chi connectivity index (χ2n) is 2.01. The Kier molecular flexibility index (Phi) is 2.12. The zero-order chi connectivity index (χ0) is 8.27. The maximum atomic E-state index is 5.46. The van der Waals surface area contributed by atoms with Crippen LogP contribution in [0.15, 0.2) is 6.20 Å². The molecule has 1 heterocycles. The summed E-state index contributed by atoms with van der Waals surface area (Å²) in [4.78, 5) is 7.70. The fraction of sp³-hybridized carbons (Fsp3) is 0.143. The predicted molar refractivity (Wildman–Crippen MR) is 44.4 cm³/mol. The van der Waals surface area contributed by atoms with Crippen LogP contribution in [0.2, 0.25) is 0 Å². The minimum atomic E-state index is 0.308. The van der Waals surface area contributed by atoms with E-state index in [1.807, 2.05) is 0 Å². The second kappa shape index (κ2) is 3.06. The van der Waals surface area contributed by atoms with Crippen molar-refractivity contribution < 1.29 is 0 Å². The summed E-state index contributed by atoms with van der Waals surface area (Å²) in [6, 6.07) is 0. The van der Waals surface area contributed by atoms with Gasteiger partial charge in [-0.15, -0.1) is 12.3 Å². The number of rotatable bonds is 1. The van der Waals surface area contributed by atoms with Crippen LogP contribution in [0.25, 0.3) is 0 Å². The van der Waals surface area contributed by atoms with Gasteiger partial charge >= 0.3 is 0 Å². The van der Waals surface area contributed by atoms with E-state index in [4.69, 9.17) is 20.0 Å². The minimum Gasteiger partial charge on any atom is -0.382 e. The molecule has 0 saturated heterocycles. The Morgan fingerprint density at radius 3 is 3.00 bits per heavy atom. The van der Waals surface area contributed by atoms with Crippen LogP contribution in [0.3, 0.4) is 0 Å². The van der Waals surface area contributed by atoms with Crippen molar-refractivity contribution in [1.29, 1.82) is 0 Å². The molecule has 0 amide bonds. The average molecular weight is 143 g/mol. The van der Waals surface area contributed by atoms with Crippen LogP contribution in [0.1, 0.15) is 5.69 Å². The summed E-state index contributed by atoms with van der Waals surface area (Å²) in [7, 11) is 5.32. The third-order valence-electron chi connectivity index (χ3n) is 1.17. The van der Waals surface area contributed by atoms with E-state index in [9.17, 15) is 0 Å². The van der Waals surface area contributed by atoms with Crippen molar-refractivity contribution in [1.82, 2.24) is 9.97 Å². The first-order valence-electron chi connectivity index (χ1n) is 3.04. The lowest BCUT2D eigenvalue weighted by molar-refractivity contribution is 1.10. The van der Waals surface area contributed by atoms with Crippen molar-refractivity contribution in [3.8, 4) is 12.3 Å². The molecule has 0 aliphatic carbocycles. The summed E-state index contributed by atoms with van der Waals surface area (Å²) in [5.74, 6) is 2.73. The molecule has 52 valence electrons. The van der Waals surface area contributed by atoms with Crippen molar-refractivity contribution >= 4 is 19.3 Å².